The van der Waals surface area contributed by atoms with E-state index in [1.54, 1.807) is 19.2 Å². The number of halogens is 1. The van der Waals surface area contributed by atoms with Gasteiger partial charge in [-0.25, -0.2) is 13.1 Å². The van der Waals surface area contributed by atoms with Gasteiger partial charge in [-0.1, -0.05) is 32.9 Å². The largest absolute Gasteiger partial charge is 0.384 e. The molecule has 2 rings (SSSR count). The summed E-state index contributed by atoms with van der Waals surface area (Å²) in [4.78, 5) is 0.324. The summed E-state index contributed by atoms with van der Waals surface area (Å²) in [7, 11) is -1.84. The van der Waals surface area contributed by atoms with Crippen LogP contribution in [0.4, 0.5) is 0 Å². The smallest absolute Gasteiger partial charge is 0.240 e. The highest BCUT2D eigenvalue weighted by molar-refractivity contribution is 7.89. The molecule has 1 aliphatic heterocycles. The first-order valence-corrected chi connectivity index (χ1v) is 10.5. The van der Waals surface area contributed by atoms with E-state index >= 15 is 0 Å². The molecule has 0 atom stereocenters. The lowest BCUT2D eigenvalue weighted by Gasteiger charge is -2.37. The highest BCUT2D eigenvalue weighted by Crippen LogP contribution is 2.30. The summed E-state index contributed by atoms with van der Waals surface area (Å²) in [5.41, 5.74) is 1.08. The first-order chi connectivity index (χ1) is 11.7. The van der Waals surface area contributed by atoms with E-state index in [9.17, 15) is 8.42 Å². The number of nitrogens with one attached hydrogen (secondary N) is 2. The normalized spacial score (nSPS) is 17.5. The van der Waals surface area contributed by atoms with Gasteiger partial charge >= 0.3 is 0 Å². The Morgan fingerprint density at radius 1 is 1.19 bits per heavy atom. The molecule has 0 aliphatic carbocycles. The first-order valence-electron chi connectivity index (χ1n) is 9.05. The summed E-state index contributed by atoms with van der Waals surface area (Å²) in [6, 6.07) is 7.27. The van der Waals surface area contributed by atoms with Crippen molar-refractivity contribution in [3.05, 3.63) is 29.8 Å². The molecule has 0 aromatic heterocycles. The van der Waals surface area contributed by atoms with Gasteiger partial charge in [0.1, 0.15) is 0 Å². The maximum atomic E-state index is 12.7. The molecular weight excluding hydrogens is 372 g/mol. The summed E-state index contributed by atoms with van der Waals surface area (Å²) in [5.74, 6) is 0. The topological polar surface area (TPSA) is 67.4 Å². The van der Waals surface area contributed by atoms with Crippen LogP contribution in [0.3, 0.4) is 0 Å². The second kappa shape index (κ2) is 9.51. The lowest BCUT2D eigenvalue weighted by Crippen LogP contribution is -2.47. The van der Waals surface area contributed by atoms with E-state index in [1.165, 1.54) is 0 Å². The van der Waals surface area contributed by atoms with Crippen LogP contribution in [0.2, 0.25) is 0 Å². The second-order valence-corrected chi connectivity index (χ2v) is 9.54. The first kappa shape index (κ1) is 23.4. The van der Waals surface area contributed by atoms with E-state index in [-0.39, 0.29) is 23.2 Å². The van der Waals surface area contributed by atoms with Crippen LogP contribution in [0.1, 0.15) is 45.6 Å². The molecule has 0 spiro atoms. The molecule has 0 saturated carbocycles. The van der Waals surface area contributed by atoms with Crippen LogP contribution in [-0.4, -0.2) is 41.8 Å². The third kappa shape index (κ3) is 5.67. The minimum atomic E-state index is -3.51. The Morgan fingerprint density at radius 2 is 1.77 bits per heavy atom. The van der Waals surface area contributed by atoms with E-state index in [0.717, 1.165) is 37.9 Å². The van der Waals surface area contributed by atoms with Gasteiger partial charge in [0.15, 0.2) is 0 Å². The third-order valence-electron chi connectivity index (χ3n) is 5.58. The zero-order valence-electron chi connectivity index (χ0n) is 16.3. The fraction of sp³-hybridized carbons (Fsp3) is 0.684. The van der Waals surface area contributed by atoms with Gasteiger partial charge in [0.25, 0.3) is 0 Å². The molecule has 0 unspecified atom stereocenters. The van der Waals surface area contributed by atoms with Crippen molar-refractivity contribution in [2.45, 2.75) is 50.3 Å². The molecule has 1 aromatic carbocycles. The van der Waals surface area contributed by atoms with Crippen molar-refractivity contribution < 1.29 is 13.2 Å². The predicted molar refractivity (Wildman–Crippen MR) is 109 cm³/mol. The number of sulfonamides is 1. The lowest BCUT2D eigenvalue weighted by atomic mass is 9.80. The van der Waals surface area contributed by atoms with Crippen LogP contribution in [0.5, 0.6) is 0 Å². The summed E-state index contributed by atoms with van der Waals surface area (Å²) < 4.78 is 33.5. The fourth-order valence-corrected chi connectivity index (χ4v) is 4.41. The highest BCUT2D eigenvalue weighted by Gasteiger charge is 2.33. The number of methoxy groups -OCH3 is 1. The summed E-state index contributed by atoms with van der Waals surface area (Å²) >= 11 is 0. The Labute approximate surface area is 164 Å². The molecule has 150 valence electrons. The highest BCUT2D eigenvalue weighted by atomic mass is 35.5. The standard InChI is InChI=1S/C19H32N2O3S.ClH/c1-5-18(2,3)16-6-8-17(9-7-16)25(22,23)21-14-19(15-24-4)10-12-20-13-11-19;/h6-9,20-21H,5,10-15H2,1-4H3;1H. The Morgan fingerprint density at radius 3 is 2.27 bits per heavy atom. The monoisotopic (exact) mass is 404 g/mol. The van der Waals surface area contributed by atoms with Gasteiger partial charge in [0.2, 0.25) is 10.0 Å². The molecular formula is C19H33ClN2O3S. The van der Waals surface area contributed by atoms with Gasteiger partial charge in [-0.3, -0.25) is 0 Å². The molecule has 26 heavy (non-hydrogen) atoms. The molecule has 1 saturated heterocycles. The van der Waals surface area contributed by atoms with Crippen LogP contribution in [0, 0.1) is 5.41 Å². The quantitative estimate of drug-likeness (QED) is 0.698. The fourth-order valence-electron chi connectivity index (χ4n) is 3.26. The molecule has 1 fully saturated rings. The number of piperidine rings is 1. The molecule has 0 bridgehead atoms. The minimum Gasteiger partial charge on any atom is -0.384 e. The molecule has 1 heterocycles. The van der Waals surface area contributed by atoms with Crippen LogP contribution < -0.4 is 10.0 Å². The van der Waals surface area contributed by atoms with E-state index < -0.39 is 10.0 Å². The third-order valence-corrected chi connectivity index (χ3v) is 7.00. The van der Waals surface area contributed by atoms with Crippen molar-refractivity contribution >= 4 is 22.4 Å². The van der Waals surface area contributed by atoms with Crippen molar-refractivity contribution in [1.82, 2.24) is 10.0 Å². The molecule has 7 heteroatoms. The van der Waals surface area contributed by atoms with E-state index in [0.29, 0.717) is 18.0 Å². The van der Waals surface area contributed by atoms with Gasteiger partial charge in [-0.15, -0.1) is 12.4 Å². The van der Waals surface area contributed by atoms with Gasteiger partial charge in [-0.2, -0.15) is 0 Å². The van der Waals surface area contributed by atoms with Gasteiger partial charge < -0.3 is 10.1 Å². The lowest BCUT2D eigenvalue weighted by molar-refractivity contribution is 0.0577. The zero-order valence-corrected chi connectivity index (χ0v) is 17.9. The van der Waals surface area contributed by atoms with Crippen LogP contribution in [0.25, 0.3) is 0 Å². The number of hydrogen-bond donors (Lipinski definition) is 2. The van der Waals surface area contributed by atoms with Crippen molar-refractivity contribution in [2.75, 3.05) is 33.4 Å². The molecule has 2 N–H and O–H groups in total. The van der Waals surface area contributed by atoms with Gasteiger partial charge in [-0.05, 0) is 55.5 Å². The van der Waals surface area contributed by atoms with Crippen LogP contribution >= 0.6 is 12.4 Å². The van der Waals surface area contributed by atoms with Crippen LogP contribution in [-0.2, 0) is 20.2 Å². The summed E-state index contributed by atoms with van der Waals surface area (Å²) in [6.07, 6.45) is 2.82. The van der Waals surface area contributed by atoms with Crippen molar-refractivity contribution in [3.63, 3.8) is 0 Å². The van der Waals surface area contributed by atoms with Gasteiger partial charge in [0, 0.05) is 19.1 Å². The number of ether oxygens (including phenoxy) is 1. The number of rotatable bonds is 8. The minimum absolute atomic E-state index is 0. The van der Waals surface area contributed by atoms with E-state index in [1.807, 2.05) is 12.1 Å². The Kier molecular flexibility index (Phi) is 8.55. The molecule has 0 radical (unpaired) electrons. The molecule has 1 aliphatic rings. The Hall–Kier alpha value is -0.660. The average molecular weight is 405 g/mol. The SMILES string of the molecule is CCC(C)(C)c1ccc(S(=O)(=O)NCC2(COC)CCNCC2)cc1.Cl. The zero-order chi connectivity index (χ0) is 18.6. The predicted octanol–water partition coefficient (Wildman–Crippen LogP) is 3.09. The van der Waals surface area contributed by atoms with E-state index in [2.05, 4.69) is 30.8 Å². The molecule has 1 aromatic rings. The van der Waals surface area contributed by atoms with Crippen molar-refractivity contribution in [3.8, 4) is 0 Å². The summed E-state index contributed by atoms with van der Waals surface area (Å²) in [5, 5.41) is 3.32. The van der Waals surface area contributed by atoms with E-state index in [4.69, 9.17) is 4.74 Å². The van der Waals surface area contributed by atoms with Gasteiger partial charge in [0.05, 0.1) is 11.5 Å². The Bertz CT molecular complexity index is 648. The van der Waals surface area contributed by atoms with Crippen molar-refractivity contribution in [1.29, 1.82) is 0 Å². The Balaban J connectivity index is 0.00000338. The maximum Gasteiger partial charge on any atom is 0.240 e. The molecule has 0 amide bonds. The van der Waals surface area contributed by atoms with Crippen molar-refractivity contribution in [2.24, 2.45) is 5.41 Å². The second-order valence-electron chi connectivity index (χ2n) is 7.77. The van der Waals surface area contributed by atoms with Crippen LogP contribution in [0.15, 0.2) is 29.2 Å². The molecule has 5 nitrogen and oxygen atoms in total. The number of benzene rings is 1. The average Bonchev–Trinajstić information content (AvgIpc) is 2.61. The maximum absolute atomic E-state index is 12.7. The number of hydrogen-bond acceptors (Lipinski definition) is 4. The summed E-state index contributed by atoms with van der Waals surface area (Å²) in [6.45, 7) is 9.24.